The van der Waals surface area contributed by atoms with E-state index in [4.69, 9.17) is 10.3 Å². The van der Waals surface area contributed by atoms with Crippen molar-refractivity contribution >= 4 is 11.3 Å². The van der Waals surface area contributed by atoms with Gasteiger partial charge in [0.05, 0.1) is 5.01 Å². The second-order valence-corrected chi connectivity index (χ2v) is 5.22. The molecular formula is C13H13N5OS. The second-order valence-electron chi connectivity index (χ2n) is 4.28. The van der Waals surface area contributed by atoms with Crippen molar-refractivity contribution in [2.45, 2.75) is 13.3 Å². The van der Waals surface area contributed by atoms with Crippen LogP contribution in [0.4, 0.5) is 0 Å². The molecule has 3 aromatic heterocycles. The molecule has 0 aliphatic carbocycles. The molecule has 20 heavy (non-hydrogen) atoms. The van der Waals surface area contributed by atoms with Gasteiger partial charge in [-0.05, 0) is 25.1 Å². The highest BCUT2D eigenvalue weighted by molar-refractivity contribution is 7.09. The van der Waals surface area contributed by atoms with Gasteiger partial charge >= 0.3 is 0 Å². The molecule has 2 N–H and O–H groups in total. The molecule has 0 atom stereocenters. The molecule has 3 heterocycles. The van der Waals surface area contributed by atoms with E-state index in [9.17, 15) is 0 Å². The lowest BCUT2D eigenvalue weighted by atomic mass is 10.1. The van der Waals surface area contributed by atoms with E-state index in [2.05, 4.69) is 20.1 Å². The quantitative estimate of drug-likeness (QED) is 0.790. The summed E-state index contributed by atoms with van der Waals surface area (Å²) in [6.07, 6.45) is 4.22. The largest absolute Gasteiger partial charge is 0.332 e. The molecule has 0 aliphatic rings. The highest BCUT2D eigenvalue weighted by Gasteiger charge is 2.14. The van der Waals surface area contributed by atoms with Gasteiger partial charge in [0.25, 0.3) is 5.89 Å². The van der Waals surface area contributed by atoms with Gasteiger partial charge in [-0.1, -0.05) is 5.16 Å². The fourth-order valence-corrected chi connectivity index (χ4v) is 2.57. The van der Waals surface area contributed by atoms with Crippen LogP contribution in [0.3, 0.4) is 0 Å². The SMILES string of the molecule is Cc1ccncc1-c1noc(-c2csc(CCN)n2)n1. The second kappa shape index (κ2) is 5.48. The van der Waals surface area contributed by atoms with Gasteiger partial charge in [-0.15, -0.1) is 11.3 Å². The Morgan fingerprint density at radius 2 is 2.25 bits per heavy atom. The molecule has 0 aromatic carbocycles. The number of nitrogens with two attached hydrogens (primary N) is 1. The van der Waals surface area contributed by atoms with Crippen molar-refractivity contribution in [3.63, 3.8) is 0 Å². The smallest absolute Gasteiger partial charge is 0.277 e. The van der Waals surface area contributed by atoms with Crippen molar-refractivity contribution in [1.82, 2.24) is 20.1 Å². The summed E-state index contributed by atoms with van der Waals surface area (Å²) in [5.74, 6) is 0.946. The van der Waals surface area contributed by atoms with E-state index >= 15 is 0 Å². The van der Waals surface area contributed by atoms with E-state index in [1.807, 2.05) is 18.4 Å². The predicted molar refractivity (Wildman–Crippen MR) is 76.1 cm³/mol. The third-order valence-electron chi connectivity index (χ3n) is 2.84. The molecule has 0 radical (unpaired) electrons. The molecule has 0 spiro atoms. The highest BCUT2D eigenvalue weighted by Crippen LogP contribution is 2.24. The highest BCUT2D eigenvalue weighted by atomic mass is 32.1. The van der Waals surface area contributed by atoms with E-state index in [0.29, 0.717) is 24.0 Å². The maximum atomic E-state index is 5.51. The van der Waals surface area contributed by atoms with Crippen molar-refractivity contribution in [2.75, 3.05) is 6.54 Å². The van der Waals surface area contributed by atoms with E-state index < -0.39 is 0 Å². The fraction of sp³-hybridized carbons (Fsp3) is 0.231. The summed E-state index contributed by atoms with van der Waals surface area (Å²) in [4.78, 5) is 12.9. The van der Waals surface area contributed by atoms with Crippen LogP contribution in [0, 0.1) is 6.92 Å². The van der Waals surface area contributed by atoms with Crippen molar-refractivity contribution < 1.29 is 4.52 Å². The van der Waals surface area contributed by atoms with Gasteiger partial charge in [0.15, 0.2) is 0 Å². The van der Waals surface area contributed by atoms with Crippen molar-refractivity contribution in [2.24, 2.45) is 5.73 Å². The number of hydrogen-bond acceptors (Lipinski definition) is 7. The van der Waals surface area contributed by atoms with Gasteiger partial charge < -0.3 is 10.3 Å². The summed E-state index contributed by atoms with van der Waals surface area (Å²) < 4.78 is 5.28. The average Bonchev–Trinajstić information content (AvgIpc) is 3.08. The minimum absolute atomic E-state index is 0.419. The molecule has 0 amide bonds. The first-order valence-electron chi connectivity index (χ1n) is 6.17. The van der Waals surface area contributed by atoms with E-state index in [1.165, 1.54) is 0 Å². The first kappa shape index (κ1) is 12.9. The minimum Gasteiger partial charge on any atom is -0.332 e. The Bertz CT molecular complexity index is 721. The molecule has 6 nitrogen and oxygen atoms in total. The normalized spacial score (nSPS) is 10.9. The summed E-state index contributed by atoms with van der Waals surface area (Å²) in [5, 5.41) is 6.87. The Balaban J connectivity index is 1.91. The number of pyridine rings is 1. The molecule has 0 unspecified atom stereocenters. The Labute approximate surface area is 119 Å². The molecule has 7 heteroatoms. The van der Waals surface area contributed by atoms with Crippen LogP contribution < -0.4 is 5.73 Å². The molecule has 0 bridgehead atoms. The molecule has 0 saturated carbocycles. The van der Waals surface area contributed by atoms with Crippen LogP contribution in [0.1, 0.15) is 10.6 Å². The lowest BCUT2D eigenvalue weighted by Gasteiger charge is -1.96. The van der Waals surface area contributed by atoms with Gasteiger partial charge in [0.1, 0.15) is 5.69 Å². The summed E-state index contributed by atoms with van der Waals surface area (Å²) >= 11 is 1.55. The number of aromatic nitrogens is 4. The number of rotatable bonds is 4. The van der Waals surface area contributed by atoms with Crippen LogP contribution in [0.5, 0.6) is 0 Å². The number of thiazole rings is 1. The first-order valence-corrected chi connectivity index (χ1v) is 7.05. The maximum absolute atomic E-state index is 5.51. The summed E-state index contributed by atoms with van der Waals surface area (Å²) in [5.41, 5.74) is 8.12. The zero-order valence-corrected chi connectivity index (χ0v) is 11.7. The minimum atomic E-state index is 0.419. The molecular weight excluding hydrogens is 274 g/mol. The Morgan fingerprint density at radius 1 is 1.35 bits per heavy atom. The van der Waals surface area contributed by atoms with Gasteiger partial charge in [0.2, 0.25) is 5.82 Å². The van der Waals surface area contributed by atoms with Crippen LogP contribution in [-0.2, 0) is 6.42 Å². The Hall–Kier alpha value is -2.12. The van der Waals surface area contributed by atoms with Crippen LogP contribution in [-0.4, -0.2) is 26.7 Å². The number of aryl methyl sites for hydroxylation is 1. The van der Waals surface area contributed by atoms with Gasteiger partial charge in [-0.3, -0.25) is 4.98 Å². The molecule has 3 aromatic rings. The van der Waals surface area contributed by atoms with Crippen LogP contribution in [0.15, 0.2) is 28.4 Å². The zero-order chi connectivity index (χ0) is 13.9. The monoisotopic (exact) mass is 287 g/mol. The first-order chi connectivity index (χ1) is 9.78. The average molecular weight is 287 g/mol. The van der Waals surface area contributed by atoms with Crippen molar-refractivity contribution in [3.05, 3.63) is 34.4 Å². The van der Waals surface area contributed by atoms with Crippen LogP contribution in [0.25, 0.3) is 23.0 Å². The lowest BCUT2D eigenvalue weighted by Crippen LogP contribution is -2.01. The zero-order valence-electron chi connectivity index (χ0n) is 10.9. The fourth-order valence-electron chi connectivity index (χ4n) is 1.78. The molecule has 0 fully saturated rings. The van der Waals surface area contributed by atoms with E-state index in [0.717, 1.165) is 22.6 Å². The summed E-state index contributed by atoms with van der Waals surface area (Å²) in [6, 6.07) is 1.91. The lowest BCUT2D eigenvalue weighted by molar-refractivity contribution is 0.431. The molecule has 102 valence electrons. The third kappa shape index (κ3) is 2.45. The molecule has 3 rings (SSSR count). The van der Waals surface area contributed by atoms with E-state index in [-0.39, 0.29) is 0 Å². The van der Waals surface area contributed by atoms with Crippen LogP contribution in [0.2, 0.25) is 0 Å². The summed E-state index contributed by atoms with van der Waals surface area (Å²) in [6.45, 7) is 2.56. The van der Waals surface area contributed by atoms with Crippen molar-refractivity contribution in [1.29, 1.82) is 0 Å². The Kier molecular flexibility index (Phi) is 3.53. The number of nitrogens with zero attached hydrogens (tertiary/aromatic N) is 4. The molecule has 0 saturated heterocycles. The van der Waals surface area contributed by atoms with Gasteiger partial charge in [-0.2, -0.15) is 4.98 Å². The standard InChI is InChI=1S/C13H13N5OS/c1-8-3-5-15-6-9(8)12-17-13(19-18-12)10-7-20-11(16-10)2-4-14/h3,5-7H,2,4,14H2,1H3. The maximum Gasteiger partial charge on any atom is 0.277 e. The topological polar surface area (TPSA) is 90.7 Å². The third-order valence-corrected chi connectivity index (χ3v) is 3.74. The van der Waals surface area contributed by atoms with Gasteiger partial charge in [-0.25, -0.2) is 4.98 Å². The number of hydrogen-bond donors (Lipinski definition) is 1. The molecule has 0 aliphatic heterocycles. The Morgan fingerprint density at radius 3 is 3.05 bits per heavy atom. The summed E-state index contributed by atoms with van der Waals surface area (Å²) in [7, 11) is 0. The van der Waals surface area contributed by atoms with Gasteiger partial charge in [0, 0.05) is 29.8 Å². The van der Waals surface area contributed by atoms with Crippen LogP contribution >= 0.6 is 11.3 Å². The van der Waals surface area contributed by atoms with E-state index in [1.54, 1.807) is 23.7 Å². The van der Waals surface area contributed by atoms with Crippen molar-refractivity contribution in [3.8, 4) is 23.0 Å². The predicted octanol–water partition coefficient (Wildman–Crippen LogP) is 2.06.